The Morgan fingerprint density at radius 2 is 2.25 bits per heavy atom. The molecule has 1 rings (SSSR count). The van der Waals surface area contributed by atoms with Crippen LogP contribution in [0, 0.1) is 0 Å². The van der Waals surface area contributed by atoms with Crippen molar-refractivity contribution in [2.24, 2.45) is 0 Å². The van der Waals surface area contributed by atoms with E-state index < -0.39 is 11.9 Å². The molecule has 5 nitrogen and oxygen atoms in total. The van der Waals surface area contributed by atoms with E-state index in [0.29, 0.717) is 6.42 Å². The summed E-state index contributed by atoms with van der Waals surface area (Å²) in [5, 5.41) is 19.5. The summed E-state index contributed by atoms with van der Waals surface area (Å²) in [5.74, 6) is -1.96. The van der Waals surface area contributed by atoms with Crippen molar-refractivity contribution in [3.05, 3.63) is 11.8 Å². The predicted octanol–water partition coefficient (Wildman–Crippen LogP) is -0.208. The summed E-state index contributed by atoms with van der Waals surface area (Å²) >= 11 is 0. The van der Waals surface area contributed by atoms with Gasteiger partial charge in [-0.2, -0.15) is 0 Å². The van der Waals surface area contributed by atoms with Gasteiger partial charge in [-0.05, 0) is 6.42 Å². The van der Waals surface area contributed by atoms with E-state index in [9.17, 15) is 9.59 Å². The van der Waals surface area contributed by atoms with Gasteiger partial charge in [-0.25, -0.2) is 4.79 Å². The van der Waals surface area contributed by atoms with Crippen molar-refractivity contribution in [1.82, 2.24) is 5.32 Å². The molecule has 3 N–H and O–H groups in total. The van der Waals surface area contributed by atoms with Gasteiger partial charge in [-0.1, -0.05) is 6.08 Å². The van der Waals surface area contributed by atoms with Crippen LogP contribution in [0.2, 0.25) is 0 Å². The Kier molecular flexibility index (Phi) is 2.32. The minimum absolute atomic E-state index is 0.0483. The number of hydrogen-bond acceptors (Lipinski definition) is 3. The second-order valence-corrected chi connectivity index (χ2v) is 2.60. The molecule has 0 aromatic carbocycles. The van der Waals surface area contributed by atoms with Gasteiger partial charge in [0, 0.05) is 6.04 Å². The topological polar surface area (TPSA) is 86.6 Å². The molecular weight excluding hydrogens is 162 g/mol. The van der Waals surface area contributed by atoms with Crippen LogP contribution < -0.4 is 5.32 Å². The fourth-order valence-electron chi connectivity index (χ4n) is 1.09. The van der Waals surface area contributed by atoms with Crippen molar-refractivity contribution < 1.29 is 19.8 Å². The van der Waals surface area contributed by atoms with Gasteiger partial charge in [0.2, 0.25) is 0 Å². The zero-order chi connectivity index (χ0) is 9.14. The first-order valence-electron chi connectivity index (χ1n) is 3.51. The molecule has 0 aliphatic carbocycles. The third kappa shape index (κ3) is 1.98. The highest BCUT2D eigenvalue weighted by Crippen LogP contribution is 2.11. The summed E-state index contributed by atoms with van der Waals surface area (Å²) in [6.45, 7) is 0. The number of nitrogens with one attached hydrogen (secondary N) is 1. The second kappa shape index (κ2) is 3.25. The van der Waals surface area contributed by atoms with Crippen LogP contribution in [0.3, 0.4) is 0 Å². The highest BCUT2D eigenvalue weighted by Gasteiger charge is 2.21. The van der Waals surface area contributed by atoms with Crippen LogP contribution >= 0.6 is 0 Å². The summed E-state index contributed by atoms with van der Waals surface area (Å²) in [4.78, 5) is 20.6. The van der Waals surface area contributed by atoms with Crippen LogP contribution in [-0.4, -0.2) is 28.2 Å². The zero-order valence-electron chi connectivity index (χ0n) is 6.28. The van der Waals surface area contributed by atoms with E-state index in [-0.39, 0.29) is 18.2 Å². The molecule has 0 aromatic heterocycles. The van der Waals surface area contributed by atoms with Gasteiger partial charge in [0.15, 0.2) is 0 Å². The van der Waals surface area contributed by atoms with Crippen molar-refractivity contribution >= 4 is 11.9 Å². The Bertz CT molecular complexity index is 246. The van der Waals surface area contributed by atoms with E-state index in [0.717, 1.165) is 0 Å². The number of carboxylic acid groups (broad SMARTS) is 2. The molecule has 66 valence electrons. The number of aliphatic carboxylic acids is 2. The lowest BCUT2D eigenvalue weighted by molar-refractivity contribution is -0.138. The average molecular weight is 171 g/mol. The SMILES string of the molecule is O=C(O)C[C@H]1CC=C(C(=O)O)N1. The van der Waals surface area contributed by atoms with Gasteiger partial charge in [0.1, 0.15) is 5.70 Å². The smallest absolute Gasteiger partial charge is 0.351 e. The summed E-state index contributed by atoms with van der Waals surface area (Å²) in [6, 6.07) is -0.270. The first-order valence-corrected chi connectivity index (χ1v) is 3.51. The molecule has 0 fully saturated rings. The van der Waals surface area contributed by atoms with Gasteiger partial charge >= 0.3 is 11.9 Å². The minimum Gasteiger partial charge on any atom is -0.481 e. The molecule has 12 heavy (non-hydrogen) atoms. The summed E-state index contributed by atoms with van der Waals surface area (Å²) in [7, 11) is 0. The molecule has 0 unspecified atom stereocenters. The Hall–Kier alpha value is -1.52. The van der Waals surface area contributed by atoms with Crippen molar-refractivity contribution in [2.75, 3.05) is 0 Å². The molecule has 0 spiro atoms. The molecule has 0 radical (unpaired) electrons. The van der Waals surface area contributed by atoms with E-state index in [4.69, 9.17) is 10.2 Å². The molecule has 1 aliphatic rings. The third-order valence-corrected chi connectivity index (χ3v) is 1.62. The standard InChI is InChI=1S/C7H9NO4/c9-6(10)3-4-1-2-5(8-4)7(11)12/h2,4,8H,1,3H2,(H,9,10)(H,11,12)/t4-/m1/s1. The van der Waals surface area contributed by atoms with Crippen LogP contribution in [0.25, 0.3) is 0 Å². The summed E-state index contributed by atoms with van der Waals surface area (Å²) < 4.78 is 0. The maximum absolute atomic E-state index is 10.4. The zero-order valence-corrected chi connectivity index (χ0v) is 6.28. The molecule has 0 aromatic rings. The molecule has 5 heteroatoms. The van der Waals surface area contributed by atoms with Gasteiger partial charge in [-0.3, -0.25) is 4.79 Å². The van der Waals surface area contributed by atoms with E-state index in [1.807, 2.05) is 0 Å². The quantitative estimate of drug-likeness (QED) is 0.547. The predicted molar refractivity (Wildman–Crippen MR) is 39.5 cm³/mol. The molecule has 0 amide bonds. The van der Waals surface area contributed by atoms with Gasteiger partial charge in [0.25, 0.3) is 0 Å². The normalized spacial score (nSPS) is 21.3. The van der Waals surface area contributed by atoms with Crippen LogP contribution in [0.15, 0.2) is 11.8 Å². The molecule has 1 heterocycles. The van der Waals surface area contributed by atoms with E-state index >= 15 is 0 Å². The Morgan fingerprint density at radius 3 is 2.67 bits per heavy atom. The maximum Gasteiger partial charge on any atom is 0.351 e. The largest absolute Gasteiger partial charge is 0.481 e. The number of rotatable bonds is 3. The monoisotopic (exact) mass is 171 g/mol. The van der Waals surface area contributed by atoms with E-state index in [1.165, 1.54) is 6.08 Å². The van der Waals surface area contributed by atoms with Crippen LogP contribution in [-0.2, 0) is 9.59 Å². The number of hydrogen-bond donors (Lipinski definition) is 3. The Balaban J connectivity index is 2.41. The van der Waals surface area contributed by atoms with E-state index in [1.54, 1.807) is 0 Å². The number of carbonyl (C=O) groups is 2. The van der Waals surface area contributed by atoms with Gasteiger partial charge in [0.05, 0.1) is 6.42 Å². The van der Waals surface area contributed by atoms with Gasteiger partial charge < -0.3 is 15.5 Å². The third-order valence-electron chi connectivity index (χ3n) is 1.62. The molecule has 0 bridgehead atoms. The molecule has 0 saturated carbocycles. The van der Waals surface area contributed by atoms with Crippen molar-refractivity contribution in [2.45, 2.75) is 18.9 Å². The van der Waals surface area contributed by atoms with Crippen LogP contribution in [0.1, 0.15) is 12.8 Å². The molecule has 1 atom stereocenters. The van der Waals surface area contributed by atoms with E-state index in [2.05, 4.69) is 5.32 Å². The Labute approximate surface area is 68.7 Å². The molecule has 0 saturated heterocycles. The Morgan fingerprint density at radius 1 is 1.58 bits per heavy atom. The average Bonchev–Trinajstić information content (AvgIpc) is 2.34. The lowest BCUT2D eigenvalue weighted by Gasteiger charge is -2.08. The highest BCUT2D eigenvalue weighted by molar-refractivity contribution is 5.86. The molecule has 1 aliphatic heterocycles. The first-order chi connectivity index (χ1) is 5.59. The highest BCUT2D eigenvalue weighted by atomic mass is 16.4. The first kappa shape index (κ1) is 8.58. The van der Waals surface area contributed by atoms with Crippen molar-refractivity contribution in [3.63, 3.8) is 0 Å². The van der Waals surface area contributed by atoms with Crippen molar-refractivity contribution in [3.8, 4) is 0 Å². The van der Waals surface area contributed by atoms with Crippen LogP contribution in [0.5, 0.6) is 0 Å². The second-order valence-electron chi connectivity index (χ2n) is 2.60. The minimum atomic E-state index is -1.04. The summed E-state index contributed by atoms with van der Waals surface area (Å²) in [5.41, 5.74) is 0.0984. The summed E-state index contributed by atoms with van der Waals surface area (Å²) in [6.07, 6.45) is 1.91. The maximum atomic E-state index is 10.4. The number of carboxylic acids is 2. The van der Waals surface area contributed by atoms with Crippen LogP contribution in [0.4, 0.5) is 0 Å². The fraction of sp³-hybridized carbons (Fsp3) is 0.429. The lowest BCUT2D eigenvalue weighted by Crippen LogP contribution is -2.28. The van der Waals surface area contributed by atoms with Gasteiger partial charge in [-0.15, -0.1) is 0 Å². The molecular formula is C7H9NO4. The fourth-order valence-corrected chi connectivity index (χ4v) is 1.09. The van der Waals surface area contributed by atoms with Crippen molar-refractivity contribution in [1.29, 1.82) is 0 Å². The lowest BCUT2D eigenvalue weighted by atomic mass is 10.2.